The van der Waals surface area contributed by atoms with Crippen LogP contribution in [0.3, 0.4) is 0 Å². The van der Waals surface area contributed by atoms with Crippen LogP contribution in [0, 0.1) is 19.8 Å². The van der Waals surface area contributed by atoms with Crippen molar-refractivity contribution < 1.29 is 9.30 Å². The van der Waals surface area contributed by atoms with Crippen molar-refractivity contribution in [3.8, 4) is 22.8 Å². The van der Waals surface area contributed by atoms with Gasteiger partial charge in [0.1, 0.15) is 18.5 Å². The molecule has 1 aliphatic heterocycles. The van der Waals surface area contributed by atoms with Gasteiger partial charge in [0, 0.05) is 11.5 Å². The van der Waals surface area contributed by atoms with Crippen LogP contribution in [-0.2, 0) is 13.5 Å². The Morgan fingerprint density at radius 3 is 2.57 bits per heavy atom. The highest BCUT2D eigenvalue weighted by molar-refractivity contribution is 6.06. The molecule has 2 heterocycles. The second-order valence-electron chi connectivity index (χ2n) is 9.28. The number of hydrogen-bond donors (Lipinski definition) is 0. The van der Waals surface area contributed by atoms with E-state index >= 15 is 0 Å². The Balaban J connectivity index is 1.64. The lowest BCUT2D eigenvalue weighted by molar-refractivity contribution is -0.659. The number of hydrogen-bond acceptors (Lipinski definition) is 1. The van der Waals surface area contributed by atoms with Crippen molar-refractivity contribution in [3.63, 3.8) is 0 Å². The highest BCUT2D eigenvalue weighted by atomic mass is 16.5. The topological polar surface area (TPSA) is 13.1 Å². The quantitative estimate of drug-likeness (QED) is 0.296. The predicted molar refractivity (Wildman–Crippen MR) is 123 cm³/mol. The van der Waals surface area contributed by atoms with Crippen molar-refractivity contribution in [3.05, 3.63) is 65.4 Å². The van der Waals surface area contributed by atoms with Crippen LogP contribution in [0.25, 0.3) is 32.8 Å². The molecular formula is C28H28NO+. The van der Waals surface area contributed by atoms with Crippen molar-refractivity contribution in [2.45, 2.75) is 46.0 Å². The lowest BCUT2D eigenvalue weighted by Crippen LogP contribution is -2.32. The van der Waals surface area contributed by atoms with E-state index in [2.05, 4.69) is 74.1 Å². The smallest absolute Gasteiger partial charge is 0.228 e. The minimum atomic E-state index is 0.828. The molecule has 0 spiro atoms. The molecule has 0 atom stereocenters. The van der Waals surface area contributed by atoms with Gasteiger partial charge in [-0.1, -0.05) is 49.9 Å². The molecule has 1 saturated carbocycles. The summed E-state index contributed by atoms with van der Waals surface area (Å²) in [6.45, 7) is 4.53. The number of rotatable bonds is 2. The number of ether oxygens (including phenoxy) is 1. The summed E-state index contributed by atoms with van der Waals surface area (Å²) in [7, 11) is 2.16. The van der Waals surface area contributed by atoms with Gasteiger partial charge < -0.3 is 4.74 Å². The van der Waals surface area contributed by atoms with Gasteiger partial charge in [-0.3, -0.25) is 0 Å². The Hall–Kier alpha value is -2.87. The van der Waals surface area contributed by atoms with Crippen LogP contribution in [0.1, 0.15) is 42.4 Å². The van der Waals surface area contributed by atoms with E-state index in [9.17, 15) is 0 Å². The van der Waals surface area contributed by atoms with Gasteiger partial charge in [0.2, 0.25) is 5.69 Å². The Labute approximate surface area is 178 Å². The molecule has 1 fully saturated rings. The molecule has 0 radical (unpaired) electrons. The second kappa shape index (κ2) is 6.57. The maximum Gasteiger partial charge on any atom is 0.228 e. The largest absolute Gasteiger partial charge is 0.456 e. The first kappa shape index (κ1) is 17.9. The summed E-state index contributed by atoms with van der Waals surface area (Å²) in [5.74, 6) is 2.84. The summed E-state index contributed by atoms with van der Waals surface area (Å²) in [4.78, 5) is 0. The zero-order valence-electron chi connectivity index (χ0n) is 18.1. The molecule has 30 heavy (non-hydrogen) atoms. The average Bonchev–Trinajstić information content (AvgIpc) is 3.26. The molecular weight excluding hydrogens is 366 g/mol. The van der Waals surface area contributed by atoms with Crippen LogP contribution < -0.4 is 9.30 Å². The van der Waals surface area contributed by atoms with Crippen molar-refractivity contribution >= 4 is 21.5 Å². The first-order valence-electron chi connectivity index (χ1n) is 11.3. The van der Waals surface area contributed by atoms with E-state index in [1.165, 1.54) is 81.6 Å². The van der Waals surface area contributed by atoms with Gasteiger partial charge in [-0.15, -0.1) is 0 Å². The van der Waals surface area contributed by atoms with Crippen LogP contribution >= 0.6 is 0 Å². The number of aromatic nitrogens is 1. The minimum Gasteiger partial charge on any atom is -0.456 e. The van der Waals surface area contributed by atoms with Gasteiger partial charge in [0.15, 0.2) is 6.20 Å². The molecule has 6 rings (SSSR count). The van der Waals surface area contributed by atoms with E-state index in [4.69, 9.17) is 4.74 Å². The zero-order chi connectivity index (χ0) is 20.4. The Bertz CT molecular complexity index is 1330. The molecule has 0 unspecified atom stereocenters. The average molecular weight is 395 g/mol. The number of pyridine rings is 1. The van der Waals surface area contributed by atoms with E-state index < -0.39 is 0 Å². The summed E-state index contributed by atoms with van der Waals surface area (Å²) in [5, 5.41) is 5.14. The van der Waals surface area contributed by atoms with Gasteiger partial charge in [-0.25, -0.2) is 4.57 Å². The van der Waals surface area contributed by atoms with Gasteiger partial charge >= 0.3 is 0 Å². The molecule has 4 aromatic rings. The normalized spacial score (nSPS) is 15.6. The van der Waals surface area contributed by atoms with Gasteiger partial charge in [-0.05, 0) is 65.8 Å². The fraction of sp³-hybridized carbons (Fsp3) is 0.321. The molecule has 3 aromatic carbocycles. The predicted octanol–water partition coefficient (Wildman–Crippen LogP) is 6.94. The van der Waals surface area contributed by atoms with Crippen molar-refractivity contribution in [2.24, 2.45) is 13.0 Å². The van der Waals surface area contributed by atoms with Crippen LogP contribution in [0.5, 0.6) is 11.5 Å². The molecule has 0 saturated heterocycles. The first-order chi connectivity index (χ1) is 14.6. The summed E-state index contributed by atoms with van der Waals surface area (Å²) in [5.41, 5.74) is 6.70. The third kappa shape index (κ3) is 2.52. The van der Waals surface area contributed by atoms with E-state index in [1.54, 1.807) is 0 Å². The van der Waals surface area contributed by atoms with E-state index in [0.29, 0.717) is 0 Å². The molecule has 1 aromatic heterocycles. The van der Waals surface area contributed by atoms with Crippen LogP contribution in [0.15, 0.2) is 48.7 Å². The van der Waals surface area contributed by atoms with Gasteiger partial charge in [0.25, 0.3) is 0 Å². The Morgan fingerprint density at radius 2 is 1.73 bits per heavy atom. The van der Waals surface area contributed by atoms with Crippen molar-refractivity contribution in [1.82, 2.24) is 0 Å². The molecule has 2 aliphatic rings. The lowest BCUT2D eigenvalue weighted by Gasteiger charge is -2.24. The molecule has 0 N–H and O–H groups in total. The van der Waals surface area contributed by atoms with E-state index in [1.807, 2.05) is 0 Å². The molecule has 2 heteroatoms. The number of fused-ring (bicyclic) bond motifs is 3. The van der Waals surface area contributed by atoms with Gasteiger partial charge in [-0.2, -0.15) is 0 Å². The number of benzene rings is 3. The Kier molecular flexibility index (Phi) is 3.93. The summed E-state index contributed by atoms with van der Waals surface area (Å²) >= 11 is 0. The minimum absolute atomic E-state index is 0.828. The summed E-state index contributed by atoms with van der Waals surface area (Å²) in [6.07, 6.45) is 8.92. The first-order valence-corrected chi connectivity index (χ1v) is 11.3. The van der Waals surface area contributed by atoms with Gasteiger partial charge in [0.05, 0.1) is 10.9 Å². The highest BCUT2D eigenvalue weighted by Crippen LogP contribution is 2.49. The number of nitrogens with zero attached hydrogens (tertiary/aromatic N) is 1. The monoisotopic (exact) mass is 394 g/mol. The maximum atomic E-state index is 6.64. The van der Waals surface area contributed by atoms with Crippen LogP contribution in [0.2, 0.25) is 0 Å². The second-order valence-corrected chi connectivity index (χ2v) is 9.28. The zero-order valence-corrected chi connectivity index (χ0v) is 18.1. The number of aryl methyl sites for hydroxylation is 3. The SMILES string of the molecule is Cc1c2c(cc3ccccc13)Oc1cc(CC3CCCC3)c(C)c3cc[n+](C)c-2c13. The van der Waals surface area contributed by atoms with Crippen LogP contribution in [0.4, 0.5) is 0 Å². The van der Waals surface area contributed by atoms with Crippen molar-refractivity contribution in [2.75, 3.05) is 0 Å². The van der Waals surface area contributed by atoms with Crippen molar-refractivity contribution in [1.29, 1.82) is 0 Å². The third-order valence-electron chi connectivity index (χ3n) is 7.47. The molecule has 1 aliphatic carbocycles. The standard InChI is InChI=1S/C28H28NO/c1-17-21(14-19-8-4-5-9-19)16-25-27-23(17)12-13-29(3)28(27)26-18(2)22-11-7-6-10-20(22)15-24(26)30-25/h6-7,10-13,15-16,19H,4-5,8-9,14H2,1-3H3/q+1. The fourth-order valence-corrected chi connectivity index (χ4v) is 5.83. The molecule has 0 amide bonds. The molecule has 0 bridgehead atoms. The lowest BCUT2D eigenvalue weighted by atomic mass is 9.87. The summed E-state index contributed by atoms with van der Waals surface area (Å²) in [6, 6.07) is 15.5. The van der Waals surface area contributed by atoms with E-state index in [0.717, 1.165) is 17.4 Å². The van der Waals surface area contributed by atoms with Crippen LogP contribution in [-0.4, -0.2) is 0 Å². The molecule has 150 valence electrons. The third-order valence-corrected chi connectivity index (χ3v) is 7.47. The Morgan fingerprint density at radius 1 is 0.933 bits per heavy atom. The molecule has 2 nitrogen and oxygen atoms in total. The summed E-state index contributed by atoms with van der Waals surface area (Å²) < 4.78 is 8.91. The fourth-order valence-electron chi connectivity index (χ4n) is 5.83. The van der Waals surface area contributed by atoms with E-state index in [-0.39, 0.29) is 0 Å². The maximum absolute atomic E-state index is 6.64. The highest BCUT2D eigenvalue weighted by Gasteiger charge is 2.31.